The van der Waals surface area contributed by atoms with Crippen molar-refractivity contribution in [2.75, 3.05) is 6.61 Å². The van der Waals surface area contributed by atoms with Gasteiger partial charge in [-0.25, -0.2) is 4.98 Å². The monoisotopic (exact) mass is 303 g/mol. The van der Waals surface area contributed by atoms with Crippen LogP contribution in [0.3, 0.4) is 0 Å². The highest BCUT2D eigenvalue weighted by Gasteiger charge is 2.13. The minimum Gasteiger partial charge on any atom is -0.369 e. The summed E-state index contributed by atoms with van der Waals surface area (Å²) in [5.41, 5.74) is 2.90. The normalized spacial score (nSPS) is 12.8. The van der Waals surface area contributed by atoms with Crippen molar-refractivity contribution < 1.29 is 9.53 Å². The lowest BCUT2D eigenvalue weighted by Gasteiger charge is -2.13. The fourth-order valence-corrected chi connectivity index (χ4v) is 2.10. The second-order valence-corrected chi connectivity index (χ2v) is 6.12. The van der Waals surface area contributed by atoms with Crippen LogP contribution in [0.2, 0.25) is 0 Å². The summed E-state index contributed by atoms with van der Waals surface area (Å²) in [5.74, 6) is 0.480. The number of aryl methyl sites for hydroxylation is 1. The number of aromatic nitrogens is 2. The predicted octanol–water partition coefficient (Wildman–Crippen LogP) is 2.71. The topological polar surface area (TPSA) is 55.6 Å². The molecule has 0 saturated heterocycles. The number of fused-ring (bicyclic) bond motifs is 1. The number of nitrogens with one attached hydrogen (secondary N) is 1. The highest BCUT2D eigenvalue weighted by molar-refractivity contribution is 5.80. The van der Waals surface area contributed by atoms with Crippen molar-refractivity contribution in [2.45, 2.75) is 46.8 Å². The van der Waals surface area contributed by atoms with E-state index in [-0.39, 0.29) is 5.91 Å². The molecule has 1 N–H and O–H groups in total. The molecule has 2 aromatic heterocycles. The molecule has 5 nitrogen and oxygen atoms in total. The molecule has 0 fully saturated rings. The fraction of sp³-hybridized carbons (Fsp3) is 0.529. The van der Waals surface area contributed by atoms with Crippen LogP contribution in [0.5, 0.6) is 0 Å². The summed E-state index contributed by atoms with van der Waals surface area (Å²) in [4.78, 5) is 16.5. The minimum absolute atomic E-state index is 0.100. The van der Waals surface area contributed by atoms with E-state index in [1.165, 1.54) is 5.56 Å². The third-order valence-electron chi connectivity index (χ3n) is 3.54. The Morgan fingerprint density at radius 3 is 2.91 bits per heavy atom. The molecule has 0 radical (unpaired) electrons. The largest absolute Gasteiger partial charge is 0.369 e. The highest BCUT2D eigenvalue weighted by Crippen LogP contribution is 2.08. The van der Waals surface area contributed by atoms with E-state index in [4.69, 9.17) is 4.74 Å². The zero-order chi connectivity index (χ0) is 16.1. The quantitative estimate of drug-likeness (QED) is 0.855. The van der Waals surface area contributed by atoms with Crippen molar-refractivity contribution in [3.63, 3.8) is 0 Å². The van der Waals surface area contributed by atoms with Crippen molar-refractivity contribution in [2.24, 2.45) is 5.92 Å². The molecule has 0 bridgehead atoms. The number of hydrogen-bond acceptors (Lipinski definition) is 3. The maximum Gasteiger partial charge on any atom is 0.249 e. The lowest BCUT2D eigenvalue weighted by Crippen LogP contribution is -2.34. The van der Waals surface area contributed by atoms with Crippen LogP contribution in [0.25, 0.3) is 5.65 Å². The number of ether oxygens (including phenoxy) is 1. The van der Waals surface area contributed by atoms with Gasteiger partial charge in [-0.3, -0.25) is 4.79 Å². The van der Waals surface area contributed by atoms with Crippen molar-refractivity contribution in [3.05, 3.63) is 35.8 Å². The van der Waals surface area contributed by atoms with Crippen LogP contribution < -0.4 is 5.32 Å². The van der Waals surface area contributed by atoms with Crippen molar-refractivity contribution in [3.8, 4) is 0 Å². The Kier molecular flexibility index (Phi) is 5.55. The average Bonchev–Trinajstić information content (AvgIpc) is 2.86. The number of rotatable bonds is 7. The number of imidazole rings is 1. The van der Waals surface area contributed by atoms with Gasteiger partial charge in [0.1, 0.15) is 11.8 Å². The molecular formula is C17H25N3O2. The first kappa shape index (κ1) is 16.5. The van der Waals surface area contributed by atoms with E-state index >= 15 is 0 Å². The summed E-state index contributed by atoms with van der Waals surface area (Å²) in [6, 6.07) is 4.05. The van der Waals surface area contributed by atoms with Gasteiger partial charge in [0, 0.05) is 19.0 Å². The molecule has 1 amide bonds. The van der Waals surface area contributed by atoms with Gasteiger partial charge in [-0.15, -0.1) is 0 Å². The highest BCUT2D eigenvalue weighted by atomic mass is 16.5. The third kappa shape index (κ3) is 4.56. The molecule has 120 valence electrons. The Labute approximate surface area is 131 Å². The van der Waals surface area contributed by atoms with E-state index in [2.05, 4.69) is 24.1 Å². The van der Waals surface area contributed by atoms with Gasteiger partial charge in [-0.1, -0.05) is 13.8 Å². The van der Waals surface area contributed by atoms with Crippen molar-refractivity contribution in [1.82, 2.24) is 14.7 Å². The number of nitrogens with zero attached hydrogens (tertiary/aromatic N) is 2. The molecule has 0 aliphatic rings. The van der Waals surface area contributed by atoms with Crippen LogP contribution in [-0.2, 0) is 16.1 Å². The average molecular weight is 303 g/mol. The maximum absolute atomic E-state index is 12.0. The van der Waals surface area contributed by atoms with E-state index < -0.39 is 6.10 Å². The second-order valence-electron chi connectivity index (χ2n) is 6.12. The zero-order valence-corrected chi connectivity index (χ0v) is 13.8. The van der Waals surface area contributed by atoms with Crippen molar-refractivity contribution in [1.29, 1.82) is 0 Å². The molecule has 2 heterocycles. The molecule has 0 aliphatic carbocycles. The molecule has 0 saturated carbocycles. The molecule has 1 atom stereocenters. The zero-order valence-electron chi connectivity index (χ0n) is 13.8. The Balaban J connectivity index is 1.84. The molecule has 2 aromatic rings. The fourth-order valence-electron chi connectivity index (χ4n) is 2.10. The summed E-state index contributed by atoms with van der Waals surface area (Å²) < 4.78 is 7.50. The number of carbonyl (C=O) groups is 1. The Morgan fingerprint density at radius 2 is 2.18 bits per heavy atom. The first-order valence-corrected chi connectivity index (χ1v) is 7.79. The Bertz CT molecular complexity index is 634. The second kappa shape index (κ2) is 7.40. The number of pyridine rings is 1. The van der Waals surface area contributed by atoms with Gasteiger partial charge < -0.3 is 14.5 Å². The van der Waals surface area contributed by atoms with Crippen LogP contribution in [-0.4, -0.2) is 28.0 Å². The van der Waals surface area contributed by atoms with Gasteiger partial charge in [0.05, 0.1) is 12.2 Å². The SMILES string of the molecule is Cc1ccn2cc(CNC(=O)[C@H](C)OCCC(C)C)nc2c1. The summed E-state index contributed by atoms with van der Waals surface area (Å²) in [6.45, 7) is 9.12. The van der Waals surface area contributed by atoms with Crippen LogP contribution in [0.4, 0.5) is 0 Å². The van der Waals surface area contributed by atoms with E-state index in [0.29, 0.717) is 19.1 Å². The lowest BCUT2D eigenvalue weighted by atomic mass is 10.1. The van der Waals surface area contributed by atoms with E-state index in [0.717, 1.165) is 17.8 Å². The Hall–Kier alpha value is -1.88. The lowest BCUT2D eigenvalue weighted by molar-refractivity contribution is -0.132. The smallest absolute Gasteiger partial charge is 0.249 e. The van der Waals surface area contributed by atoms with Gasteiger partial charge in [-0.2, -0.15) is 0 Å². The first-order valence-electron chi connectivity index (χ1n) is 7.79. The molecule has 0 aromatic carbocycles. The van der Waals surface area contributed by atoms with Gasteiger partial charge >= 0.3 is 0 Å². The molecule has 2 rings (SSSR count). The minimum atomic E-state index is -0.432. The first-order chi connectivity index (χ1) is 10.5. The number of amides is 1. The van der Waals surface area contributed by atoms with Crippen LogP contribution in [0.1, 0.15) is 38.4 Å². The molecule has 0 spiro atoms. The van der Waals surface area contributed by atoms with E-state index in [1.807, 2.05) is 35.9 Å². The summed E-state index contributed by atoms with van der Waals surface area (Å²) in [5, 5.41) is 2.87. The third-order valence-corrected chi connectivity index (χ3v) is 3.54. The summed E-state index contributed by atoms with van der Waals surface area (Å²) in [6.07, 6.45) is 4.43. The van der Waals surface area contributed by atoms with Gasteiger partial charge in [0.15, 0.2) is 0 Å². The molecule has 0 aliphatic heterocycles. The van der Waals surface area contributed by atoms with Crippen LogP contribution in [0.15, 0.2) is 24.5 Å². The number of hydrogen-bond donors (Lipinski definition) is 1. The Morgan fingerprint density at radius 1 is 1.41 bits per heavy atom. The molecule has 0 unspecified atom stereocenters. The predicted molar refractivity (Wildman–Crippen MR) is 86.6 cm³/mol. The maximum atomic E-state index is 12.0. The molecular weight excluding hydrogens is 278 g/mol. The molecule has 22 heavy (non-hydrogen) atoms. The standard InChI is InChI=1S/C17H25N3O2/c1-12(2)6-8-22-14(4)17(21)18-10-15-11-20-7-5-13(3)9-16(20)19-15/h5,7,9,11-12,14H,6,8,10H2,1-4H3,(H,18,21)/t14-/m0/s1. The van der Waals surface area contributed by atoms with Crippen LogP contribution >= 0.6 is 0 Å². The van der Waals surface area contributed by atoms with Gasteiger partial charge in [0.2, 0.25) is 5.91 Å². The van der Waals surface area contributed by atoms with Crippen molar-refractivity contribution >= 4 is 11.6 Å². The van der Waals surface area contributed by atoms with E-state index in [1.54, 1.807) is 6.92 Å². The molecule has 5 heteroatoms. The van der Waals surface area contributed by atoms with Gasteiger partial charge in [-0.05, 0) is 43.9 Å². The van der Waals surface area contributed by atoms with E-state index in [9.17, 15) is 4.79 Å². The van der Waals surface area contributed by atoms with Crippen LogP contribution in [0, 0.1) is 12.8 Å². The summed E-state index contributed by atoms with van der Waals surface area (Å²) >= 11 is 0. The van der Waals surface area contributed by atoms with Gasteiger partial charge in [0.25, 0.3) is 0 Å². The summed E-state index contributed by atoms with van der Waals surface area (Å²) in [7, 11) is 0. The number of carbonyl (C=O) groups excluding carboxylic acids is 1.